The highest BCUT2D eigenvalue weighted by Gasteiger charge is 2.33. The fraction of sp³-hybridized carbons (Fsp3) is 0.944. The van der Waals surface area contributed by atoms with Crippen LogP contribution >= 0.6 is 24.8 Å². The smallest absolute Gasteiger partial charge is 0.220 e. The number of nitrogens with zero attached hydrogens (tertiary/aromatic N) is 1. The topological polar surface area (TPSA) is 58.4 Å². The number of rotatable bonds is 7. The molecule has 2 rings (SSSR count). The first-order chi connectivity index (χ1) is 10.7. The summed E-state index contributed by atoms with van der Waals surface area (Å²) >= 11 is 0. The summed E-state index contributed by atoms with van der Waals surface area (Å²) in [4.78, 5) is 14.9. The van der Waals surface area contributed by atoms with E-state index >= 15 is 0 Å². The van der Waals surface area contributed by atoms with Gasteiger partial charge < -0.3 is 16.0 Å². The Kier molecular flexibility index (Phi) is 12.3. The van der Waals surface area contributed by atoms with Crippen molar-refractivity contribution in [1.29, 1.82) is 0 Å². The van der Waals surface area contributed by atoms with Crippen molar-refractivity contribution in [3.8, 4) is 0 Å². The van der Waals surface area contributed by atoms with Crippen molar-refractivity contribution in [2.24, 2.45) is 17.1 Å². The number of carbonyl (C=O) groups is 1. The van der Waals surface area contributed by atoms with E-state index in [1.165, 1.54) is 58.2 Å². The molecule has 1 amide bonds. The van der Waals surface area contributed by atoms with E-state index in [-0.39, 0.29) is 36.1 Å². The summed E-state index contributed by atoms with van der Waals surface area (Å²) in [7, 11) is 0. The molecule has 0 atom stereocenters. The van der Waals surface area contributed by atoms with Crippen molar-refractivity contribution in [2.75, 3.05) is 32.7 Å². The zero-order chi connectivity index (χ0) is 15.8. The molecule has 0 unspecified atom stereocenters. The summed E-state index contributed by atoms with van der Waals surface area (Å²) in [6.45, 7) is 7.38. The van der Waals surface area contributed by atoms with E-state index in [4.69, 9.17) is 5.73 Å². The van der Waals surface area contributed by atoms with Gasteiger partial charge in [-0.1, -0.05) is 26.2 Å². The molecule has 0 aromatic heterocycles. The quantitative estimate of drug-likeness (QED) is 0.710. The molecule has 0 bridgehead atoms. The van der Waals surface area contributed by atoms with Gasteiger partial charge in [0.05, 0.1) is 0 Å². The van der Waals surface area contributed by atoms with E-state index in [1.807, 2.05) is 0 Å². The molecular formula is C18H37Cl2N3O. The lowest BCUT2D eigenvalue weighted by molar-refractivity contribution is -0.124. The maximum absolute atomic E-state index is 12.3. The van der Waals surface area contributed by atoms with Crippen LogP contribution in [-0.4, -0.2) is 43.5 Å². The van der Waals surface area contributed by atoms with Gasteiger partial charge in [-0.2, -0.15) is 0 Å². The van der Waals surface area contributed by atoms with Crippen LogP contribution in [-0.2, 0) is 4.79 Å². The number of hydrogen-bond acceptors (Lipinski definition) is 3. The molecule has 2 fully saturated rings. The normalized spacial score (nSPS) is 21.4. The zero-order valence-electron chi connectivity index (χ0n) is 15.2. The molecule has 1 aliphatic heterocycles. The van der Waals surface area contributed by atoms with Crippen LogP contribution in [0.5, 0.6) is 0 Å². The van der Waals surface area contributed by atoms with Crippen molar-refractivity contribution in [2.45, 2.75) is 64.7 Å². The van der Waals surface area contributed by atoms with E-state index in [0.717, 1.165) is 19.4 Å². The van der Waals surface area contributed by atoms with Crippen LogP contribution in [0.4, 0.5) is 0 Å². The first-order valence-corrected chi connectivity index (χ1v) is 9.36. The number of hydrogen-bond donors (Lipinski definition) is 2. The highest BCUT2D eigenvalue weighted by molar-refractivity contribution is 5.85. The summed E-state index contributed by atoms with van der Waals surface area (Å²) in [6.07, 6.45) is 10.4. The van der Waals surface area contributed by atoms with Crippen LogP contribution in [0.15, 0.2) is 0 Å². The lowest BCUT2D eigenvalue weighted by Gasteiger charge is -2.36. The Balaban J connectivity index is 0.00000264. The van der Waals surface area contributed by atoms with Crippen LogP contribution in [0.2, 0.25) is 0 Å². The summed E-state index contributed by atoms with van der Waals surface area (Å²) in [5, 5.41) is 3.19. The van der Waals surface area contributed by atoms with Crippen LogP contribution in [0.1, 0.15) is 64.7 Å². The van der Waals surface area contributed by atoms with Gasteiger partial charge in [-0.15, -0.1) is 24.8 Å². The van der Waals surface area contributed by atoms with E-state index < -0.39 is 0 Å². The van der Waals surface area contributed by atoms with E-state index in [1.54, 1.807) is 0 Å². The Hall–Kier alpha value is -0.0300. The number of likely N-dealkylation sites (tertiary alicyclic amines) is 1. The van der Waals surface area contributed by atoms with Gasteiger partial charge in [0.25, 0.3) is 0 Å². The SMILES string of the molecule is CCCN1CCC(CNC(=O)CC2(CN)CCCCC2)CC1.Cl.Cl. The van der Waals surface area contributed by atoms with Gasteiger partial charge in [-0.3, -0.25) is 4.79 Å². The Morgan fingerprint density at radius 2 is 1.79 bits per heavy atom. The van der Waals surface area contributed by atoms with Crippen molar-refractivity contribution in [3.05, 3.63) is 0 Å². The van der Waals surface area contributed by atoms with E-state index in [0.29, 0.717) is 18.9 Å². The molecule has 6 heteroatoms. The Labute approximate surface area is 160 Å². The molecule has 3 N–H and O–H groups in total. The number of carbonyl (C=O) groups excluding carboxylic acids is 1. The highest BCUT2D eigenvalue weighted by Crippen LogP contribution is 2.38. The Morgan fingerprint density at radius 1 is 1.17 bits per heavy atom. The number of nitrogens with two attached hydrogens (primary N) is 1. The maximum atomic E-state index is 12.3. The van der Waals surface area contributed by atoms with Crippen LogP contribution in [0.25, 0.3) is 0 Å². The van der Waals surface area contributed by atoms with Crippen LogP contribution in [0, 0.1) is 11.3 Å². The molecule has 144 valence electrons. The average Bonchev–Trinajstić information content (AvgIpc) is 2.55. The van der Waals surface area contributed by atoms with Gasteiger partial charge in [-0.25, -0.2) is 0 Å². The summed E-state index contributed by atoms with van der Waals surface area (Å²) < 4.78 is 0. The minimum Gasteiger partial charge on any atom is -0.356 e. The number of piperidine rings is 1. The lowest BCUT2D eigenvalue weighted by Crippen LogP contribution is -2.42. The predicted molar refractivity (Wildman–Crippen MR) is 106 cm³/mol. The number of amides is 1. The van der Waals surface area contributed by atoms with Crippen molar-refractivity contribution in [1.82, 2.24) is 10.2 Å². The molecular weight excluding hydrogens is 345 g/mol. The first kappa shape index (κ1) is 24.0. The fourth-order valence-corrected chi connectivity index (χ4v) is 4.15. The van der Waals surface area contributed by atoms with Gasteiger partial charge in [0.1, 0.15) is 0 Å². The van der Waals surface area contributed by atoms with Gasteiger partial charge in [-0.05, 0) is 69.6 Å². The Bertz CT molecular complexity index is 341. The minimum atomic E-state index is 0. The average molecular weight is 382 g/mol. The van der Waals surface area contributed by atoms with Crippen molar-refractivity contribution < 1.29 is 4.79 Å². The highest BCUT2D eigenvalue weighted by atomic mass is 35.5. The third-order valence-corrected chi connectivity index (χ3v) is 5.72. The van der Waals surface area contributed by atoms with E-state index in [2.05, 4.69) is 17.1 Å². The predicted octanol–water partition coefficient (Wildman–Crippen LogP) is 3.37. The second-order valence-corrected chi connectivity index (χ2v) is 7.53. The molecule has 0 spiro atoms. The first-order valence-electron chi connectivity index (χ1n) is 9.36. The van der Waals surface area contributed by atoms with Crippen LogP contribution < -0.4 is 11.1 Å². The maximum Gasteiger partial charge on any atom is 0.220 e. The zero-order valence-corrected chi connectivity index (χ0v) is 16.9. The van der Waals surface area contributed by atoms with Crippen molar-refractivity contribution >= 4 is 30.7 Å². The minimum absolute atomic E-state index is 0. The van der Waals surface area contributed by atoms with Gasteiger partial charge in [0, 0.05) is 13.0 Å². The molecule has 4 nitrogen and oxygen atoms in total. The third-order valence-electron chi connectivity index (χ3n) is 5.72. The molecule has 0 aromatic carbocycles. The van der Waals surface area contributed by atoms with E-state index in [9.17, 15) is 4.79 Å². The molecule has 1 heterocycles. The van der Waals surface area contributed by atoms with Gasteiger partial charge in [0.15, 0.2) is 0 Å². The fourth-order valence-electron chi connectivity index (χ4n) is 4.15. The number of halogens is 2. The largest absolute Gasteiger partial charge is 0.356 e. The summed E-state index contributed by atoms with van der Waals surface area (Å²) in [6, 6.07) is 0. The number of nitrogens with one attached hydrogen (secondary N) is 1. The molecule has 0 aromatic rings. The molecule has 0 radical (unpaired) electrons. The Morgan fingerprint density at radius 3 is 2.33 bits per heavy atom. The monoisotopic (exact) mass is 381 g/mol. The molecule has 24 heavy (non-hydrogen) atoms. The third kappa shape index (κ3) is 7.47. The second-order valence-electron chi connectivity index (χ2n) is 7.53. The molecule has 1 saturated heterocycles. The molecule has 1 aliphatic carbocycles. The van der Waals surface area contributed by atoms with Crippen LogP contribution in [0.3, 0.4) is 0 Å². The molecule has 1 saturated carbocycles. The standard InChI is InChI=1S/C18H35N3O.2ClH/c1-2-10-21-11-6-16(7-12-21)14-20-17(22)13-18(15-19)8-4-3-5-9-18;;/h16H,2-15,19H2,1H3,(H,20,22);2*1H. The second kappa shape index (κ2) is 12.3. The summed E-state index contributed by atoms with van der Waals surface area (Å²) in [5.74, 6) is 0.889. The lowest BCUT2D eigenvalue weighted by atomic mass is 9.71. The van der Waals surface area contributed by atoms with Gasteiger partial charge in [0.2, 0.25) is 5.91 Å². The summed E-state index contributed by atoms with van der Waals surface area (Å²) in [5.41, 5.74) is 6.07. The molecule has 2 aliphatic rings. The van der Waals surface area contributed by atoms with Gasteiger partial charge >= 0.3 is 0 Å². The van der Waals surface area contributed by atoms with Crippen molar-refractivity contribution in [3.63, 3.8) is 0 Å².